The second-order valence-electron chi connectivity index (χ2n) is 5.43. The van der Waals surface area contributed by atoms with Gasteiger partial charge < -0.3 is 10.1 Å². The van der Waals surface area contributed by atoms with E-state index in [1.807, 2.05) is 4.72 Å². The van der Waals surface area contributed by atoms with Gasteiger partial charge in [0, 0.05) is 13.7 Å². The summed E-state index contributed by atoms with van der Waals surface area (Å²) in [5.74, 6) is -1.56. The first-order valence-electron chi connectivity index (χ1n) is 7.75. The van der Waals surface area contributed by atoms with Gasteiger partial charge in [0.1, 0.15) is 4.90 Å². The van der Waals surface area contributed by atoms with E-state index >= 15 is 0 Å². The number of amides is 2. The van der Waals surface area contributed by atoms with Gasteiger partial charge in [-0.1, -0.05) is 46.9 Å². The molecule has 0 heterocycles. The number of methoxy groups -OCH3 is 1. The molecular formula is C17H15Cl3N2O5S. The molecule has 7 nitrogen and oxygen atoms in total. The van der Waals surface area contributed by atoms with Crippen molar-refractivity contribution in [2.45, 2.75) is 4.90 Å². The Labute approximate surface area is 177 Å². The molecule has 0 atom stereocenters. The van der Waals surface area contributed by atoms with Crippen molar-refractivity contribution >= 4 is 56.6 Å². The van der Waals surface area contributed by atoms with Crippen LogP contribution in [0, 0.1) is 0 Å². The summed E-state index contributed by atoms with van der Waals surface area (Å²) >= 11 is 17.9. The van der Waals surface area contributed by atoms with E-state index in [1.54, 1.807) is 6.07 Å². The summed E-state index contributed by atoms with van der Waals surface area (Å²) in [7, 11) is -2.94. The molecule has 0 unspecified atom stereocenters. The lowest BCUT2D eigenvalue weighted by Gasteiger charge is -2.12. The van der Waals surface area contributed by atoms with Crippen LogP contribution in [0.1, 0.15) is 20.7 Å². The van der Waals surface area contributed by atoms with Crippen molar-refractivity contribution in [1.82, 2.24) is 10.0 Å². The first-order chi connectivity index (χ1) is 13.2. The quantitative estimate of drug-likeness (QED) is 0.612. The Morgan fingerprint density at radius 2 is 1.64 bits per heavy atom. The molecule has 0 aromatic heterocycles. The number of sulfonamides is 1. The van der Waals surface area contributed by atoms with Crippen LogP contribution >= 0.6 is 34.8 Å². The minimum absolute atomic E-state index is 0.0321. The van der Waals surface area contributed by atoms with E-state index in [2.05, 4.69) is 5.32 Å². The first-order valence-corrected chi connectivity index (χ1v) is 10.4. The predicted octanol–water partition coefficient (Wildman–Crippen LogP) is 3.14. The van der Waals surface area contributed by atoms with E-state index in [0.29, 0.717) is 0 Å². The third-order valence-corrected chi connectivity index (χ3v) is 5.93. The molecule has 0 fully saturated rings. The highest BCUT2D eigenvalue weighted by molar-refractivity contribution is 7.90. The van der Waals surface area contributed by atoms with Crippen molar-refractivity contribution in [2.75, 3.05) is 20.3 Å². The maximum absolute atomic E-state index is 12.6. The lowest BCUT2D eigenvalue weighted by Crippen LogP contribution is -2.32. The van der Waals surface area contributed by atoms with Gasteiger partial charge >= 0.3 is 0 Å². The van der Waals surface area contributed by atoms with E-state index in [4.69, 9.17) is 39.5 Å². The predicted molar refractivity (Wildman–Crippen MR) is 107 cm³/mol. The highest BCUT2D eigenvalue weighted by Crippen LogP contribution is 2.29. The van der Waals surface area contributed by atoms with Crippen molar-refractivity contribution in [1.29, 1.82) is 0 Å². The van der Waals surface area contributed by atoms with Crippen LogP contribution in [0.15, 0.2) is 41.3 Å². The van der Waals surface area contributed by atoms with Crippen molar-refractivity contribution in [2.24, 2.45) is 0 Å². The minimum atomic E-state index is -4.41. The van der Waals surface area contributed by atoms with Gasteiger partial charge in [-0.25, -0.2) is 13.1 Å². The zero-order valence-corrected chi connectivity index (χ0v) is 17.5. The molecule has 0 radical (unpaired) electrons. The highest BCUT2D eigenvalue weighted by atomic mass is 35.5. The largest absolute Gasteiger partial charge is 0.383 e. The van der Waals surface area contributed by atoms with Gasteiger partial charge in [0.05, 0.1) is 32.8 Å². The molecular weight excluding hydrogens is 451 g/mol. The van der Waals surface area contributed by atoms with Crippen molar-refractivity contribution < 1.29 is 22.7 Å². The summed E-state index contributed by atoms with van der Waals surface area (Å²) in [6, 6.07) is 8.05. The molecule has 11 heteroatoms. The second-order valence-corrected chi connectivity index (χ2v) is 8.30. The standard InChI is InChI=1S/C17H15Cl3N2O5S/c1-27-7-6-21-16(23)11-8-15(14(20)9-13(11)19)28(25,26)22-17(24)10-4-2-3-5-12(10)18/h2-5,8-9H,6-7H2,1H3,(H,21,23)(H,22,24). The summed E-state index contributed by atoms with van der Waals surface area (Å²) in [5, 5.41) is 2.30. The minimum Gasteiger partial charge on any atom is -0.383 e. The lowest BCUT2D eigenvalue weighted by atomic mass is 10.2. The Hall–Kier alpha value is -1.84. The number of benzene rings is 2. The molecule has 2 amide bonds. The van der Waals surface area contributed by atoms with Gasteiger partial charge in [0.2, 0.25) is 0 Å². The van der Waals surface area contributed by atoms with Gasteiger partial charge in [0.25, 0.3) is 21.8 Å². The molecule has 0 aliphatic heterocycles. The maximum Gasteiger partial charge on any atom is 0.266 e. The third-order valence-electron chi connectivity index (χ3n) is 3.49. The molecule has 2 rings (SSSR count). The molecule has 2 aromatic rings. The third kappa shape index (κ3) is 5.36. The fourth-order valence-corrected chi connectivity index (χ4v) is 4.20. The van der Waals surface area contributed by atoms with E-state index in [0.717, 1.165) is 12.1 Å². The lowest BCUT2D eigenvalue weighted by molar-refractivity contribution is 0.0936. The normalized spacial score (nSPS) is 11.1. The van der Waals surface area contributed by atoms with Crippen molar-refractivity contribution in [3.63, 3.8) is 0 Å². The van der Waals surface area contributed by atoms with Crippen molar-refractivity contribution in [3.8, 4) is 0 Å². The molecule has 0 saturated heterocycles. The fraction of sp³-hybridized carbons (Fsp3) is 0.176. The molecule has 2 N–H and O–H groups in total. The van der Waals surface area contributed by atoms with Gasteiger partial charge in [-0.2, -0.15) is 0 Å². The second kappa shape index (κ2) is 9.58. The number of nitrogens with one attached hydrogen (secondary N) is 2. The van der Waals surface area contributed by atoms with Crippen LogP contribution in [0.5, 0.6) is 0 Å². The molecule has 28 heavy (non-hydrogen) atoms. The van der Waals surface area contributed by atoms with Crippen LogP contribution in [0.2, 0.25) is 15.1 Å². The Balaban J connectivity index is 2.34. The molecule has 2 aromatic carbocycles. The van der Waals surface area contributed by atoms with Gasteiger partial charge in [-0.15, -0.1) is 0 Å². The Kier molecular flexibility index (Phi) is 7.68. The topological polar surface area (TPSA) is 102 Å². The summed E-state index contributed by atoms with van der Waals surface area (Å²) in [5.41, 5.74) is -0.150. The number of ether oxygens (including phenoxy) is 1. The van der Waals surface area contributed by atoms with Crippen LogP contribution < -0.4 is 10.0 Å². The van der Waals surface area contributed by atoms with E-state index in [-0.39, 0.29) is 39.3 Å². The summed E-state index contributed by atoms with van der Waals surface area (Å²) in [6.45, 7) is 0.454. The Bertz CT molecular complexity index is 1010. The molecule has 0 aliphatic rings. The number of carbonyl (C=O) groups is 2. The van der Waals surface area contributed by atoms with E-state index < -0.39 is 26.7 Å². The number of rotatable bonds is 7. The number of halogens is 3. The van der Waals surface area contributed by atoms with Crippen molar-refractivity contribution in [3.05, 3.63) is 62.6 Å². The smallest absolute Gasteiger partial charge is 0.266 e. The Morgan fingerprint density at radius 1 is 0.964 bits per heavy atom. The number of hydrogen-bond donors (Lipinski definition) is 2. The monoisotopic (exact) mass is 464 g/mol. The van der Waals surface area contributed by atoms with E-state index in [1.165, 1.54) is 25.3 Å². The SMILES string of the molecule is COCCNC(=O)c1cc(S(=O)(=O)NC(=O)c2ccccc2Cl)c(Cl)cc1Cl. The molecule has 0 bridgehead atoms. The van der Waals surface area contributed by atoms with Gasteiger partial charge in [0.15, 0.2) is 0 Å². The van der Waals surface area contributed by atoms with Crippen LogP contribution in [0.3, 0.4) is 0 Å². The number of hydrogen-bond acceptors (Lipinski definition) is 5. The van der Waals surface area contributed by atoms with Crippen LogP contribution in [0.4, 0.5) is 0 Å². The zero-order chi connectivity index (χ0) is 20.9. The van der Waals surface area contributed by atoms with Gasteiger partial charge in [-0.05, 0) is 24.3 Å². The Morgan fingerprint density at radius 3 is 2.29 bits per heavy atom. The van der Waals surface area contributed by atoms with Crippen LogP contribution in [-0.4, -0.2) is 40.5 Å². The van der Waals surface area contributed by atoms with E-state index in [9.17, 15) is 18.0 Å². The average Bonchev–Trinajstić information content (AvgIpc) is 2.61. The highest BCUT2D eigenvalue weighted by Gasteiger charge is 2.25. The number of carbonyl (C=O) groups excluding carboxylic acids is 2. The first kappa shape index (κ1) is 22.4. The van der Waals surface area contributed by atoms with Crippen LogP contribution in [0.25, 0.3) is 0 Å². The summed E-state index contributed by atoms with van der Waals surface area (Å²) in [4.78, 5) is 24.0. The summed E-state index contributed by atoms with van der Waals surface area (Å²) < 4.78 is 32.0. The summed E-state index contributed by atoms with van der Waals surface area (Å²) in [6.07, 6.45) is 0. The fourth-order valence-electron chi connectivity index (χ4n) is 2.15. The average molecular weight is 466 g/mol. The zero-order valence-electron chi connectivity index (χ0n) is 14.5. The molecule has 0 saturated carbocycles. The maximum atomic E-state index is 12.6. The molecule has 0 aliphatic carbocycles. The molecule has 0 spiro atoms. The van der Waals surface area contributed by atoms with Crippen LogP contribution in [-0.2, 0) is 14.8 Å². The molecule has 150 valence electrons. The van der Waals surface area contributed by atoms with Gasteiger partial charge in [-0.3, -0.25) is 9.59 Å².